The number of hydrogen-bond acceptors (Lipinski definition) is 2. The number of amides is 1. The molecule has 0 fully saturated rings. The highest BCUT2D eigenvalue weighted by molar-refractivity contribution is 5.72. The van der Waals surface area contributed by atoms with Crippen LogP contribution in [0.3, 0.4) is 0 Å². The number of hydrogen-bond donors (Lipinski definition) is 2. The average Bonchev–Trinajstić information content (AvgIpc) is 1.97. The molecule has 0 atom stereocenters. The lowest BCUT2D eigenvalue weighted by Gasteiger charge is -2.30. The van der Waals surface area contributed by atoms with Gasteiger partial charge in [-0.25, -0.2) is 0 Å². The largest absolute Gasteiger partial charge is 0.356 e. The maximum absolute atomic E-state index is 10.8. The lowest BCUT2D eigenvalue weighted by molar-refractivity contribution is -0.119. The maximum atomic E-state index is 10.8. The predicted molar refractivity (Wildman–Crippen MR) is 60.2 cm³/mol. The summed E-state index contributed by atoms with van der Waals surface area (Å²) in [6.45, 7) is 13.9. The van der Waals surface area contributed by atoms with Crippen LogP contribution in [0.5, 0.6) is 0 Å². The van der Waals surface area contributed by atoms with Crippen molar-refractivity contribution in [2.24, 2.45) is 5.41 Å². The Morgan fingerprint density at radius 3 is 1.93 bits per heavy atom. The van der Waals surface area contributed by atoms with Crippen LogP contribution in [0.25, 0.3) is 0 Å². The van der Waals surface area contributed by atoms with Gasteiger partial charge in [0.1, 0.15) is 0 Å². The highest BCUT2D eigenvalue weighted by Gasteiger charge is 2.20. The average molecular weight is 200 g/mol. The monoisotopic (exact) mass is 200 g/mol. The van der Waals surface area contributed by atoms with Crippen LogP contribution in [0.15, 0.2) is 0 Å². The van der Waals surface area contributed by atoms with Crippen molar-refractivity contribution in [3.8, 4) is 0 Å². The minimum Gasteiger partial charge on any atom is -0.356 e. The fourth-order valence-electron chi connectivity index (χ4n) is 0.931. The molecular weight excluding hydrogens is 176 g/mol. The molecule has 0 spiro atoms. The molecule has 0 aromatic heterocycles. The summed E-state index contributed by atoms with van der Waals surface area (Å²) in [5, 5.41) is 6.28. The van der Waals surface area contributed by atoms with Crippen LogP contribution in [0.2, 0.25) is 0 Å². The number of rotatable bonds is 4. The predicted octanol–water partition coefficient (Wildman–Crippen LogP) is 1.54. The summed E-state index contributed by atoms with van der Waals surface area (Å²) in [7, 11) is 0. The molecule has 0 aliphatic carbocycles. The lowest BCUT2D eigenvalue weighted by Crippen LogP contribution is -2.45. The van der Waals surface area contributed by atoms with Crippen LogP contribution in [0.1, 0.15) is 41.5 Å². The van der Waals surface area contributed by atoms with E-state index in [0.717, 1.165) is 6.54 Å². The third-order valence-electron chi connectivity index (χ3n) is 1.91. The molecule has 0 bridgehead atoms. The smallest absolute Gasteiger partial charge is 0.216 e. The molecule has 0 aliphatic rings. The Bertz CT molecular complexity index is 192. The highest BCUT2D eigenvalue weighted by atomic mass is 16.1. The molecule has 0 aliphatic heterocycles. The van der Waals surface area contributed by atoms with Gasteiger partial charge in [0.25, 0.3) is 0 Å². The summed E-state index contributed by atoms with van der Waals surface area (Å²) in [5.74, 6) is 0.0360. The number of carbonyl (C=O) groups excluding carboxylic acids is 1. The molecule has 0 saturated carbocycles. The van der Waals surface area contributed by atoms with Gasteiger partial charge in [0.15, 0.2) is 0 Å². The van der Waals surface area contributed by atoms with Gasteiger partial charge in [-0.3, -0.25) is 4.79 Å². The first-order chi connectivity index (χ1) is 6.12. The molecule has 1 amide bonds. The van der Waals surface area contributed by atoms with Gasteiger partial charge >= 0.3 is 0 Å². The second kappa shape index (κ2) is 4.78. The second-order valence-corrected chi connectivity index (χ2v) is 5.68. The Kier molecular flexibility index (Phi) is 4.59. The zero-order valence-electron chi connectivity index (χ0n) is 10.3. The minimum absolute atomic E-state index is 0.0360. The van der Waals surface area contributed by atoms with Crippen molar-refractivity contribution >= 4 is 5.91 Å². The SMILES string of the molecule is CC(=O)NCC(C)(C)CNC(C)(C)C. The van der Waals surface area contributed by atoms with Gasteiger partial charge in [-0.1, -0.05) is 13.8 Å². The molecule has 3 nitrogen and oxygen atoms in total. The molecule has 0 heterocycles. The van der Waals surface area contributed by atoms with E-state index in [1.807, 2.05) is 0 Å². The van der Waals surface area contributed by atoms with Gasteiger partial charge in [-0.15, -0.1) is 0 Å². The Morgan fingerprint density at radius 1 is 1.07 bits per heavy atom. The van der Waals surface area contributed by atoms with Crippen molar-refractivity contribution in [2.45, 2.75) is 47.1 Å². The van der Waals surface area contributed by atoms with E-state index in [-0.39, 0.29) is 16.9 Å². The molecule has 0 unspecified atom stereocenters. The minimum atomic E-state index is 0.0360. The molecule has 0 radical (unpaired) electrons. The van der Waals surface area contributed by atoms with Crippen LogP contribution >= 0.6 is 0 Å². The van der Waals surface area contributed by atoms with E-state index in [1.165, 1.54) is 0 Å². The van der Waals surface area contributed by atoms with Gasteiger partial charge < -0.3 is 10.6 Å². The van der Waals surface area contributed by atoms with E-state index < -0.39 is 0 Å². The fourth-order valence-corrected chi connectivity index (χ4v) is 0.931. The van der Waals surface area contributed by atoms with Crippen molar-refractivity contribution in [3.05, 3.63) is 0 Å². The van der Waals surface area contributed by atoms with Crippen molar-refractivity contribution in [2.75, 3.05) is 13.1 Å². The van der Waals surface area contributed by atoms with Crippen molar-refractivity contribution in [1.29, 1.82) is 0 Å². The van der Waals surface area contributed by atoms with Crippen molar-refractivity contribution in [3.63, 3.8) is 0 Å². The zero-order valence-corrected chi connectivity index (χ0v) is 10.3. The third-order valence-corrected chi connectivity index (χ3v) is 1.91. The molecule has 2 N–H and O–H groups in total. The summed E-state index contributed by atoms with van der Waals surface area (Å²) in [6, 6.07) is 0. The van der Waals surface area contributed by atoms with Gasteiger partial charge in [0.05, 0.1) is 0 Å². The quantitative estimate of drug-likeness (QED) is 0.722. The molecule has 0 saturated heterocycles. The first kappa shape index (κ1) is 13.4. The van der Waals surface area contributed by atoms with E-state index >= 15 is 0 Å². The Balaban J connectivity index is 3.89. The number of nitrogens with one attached hydrogen (secondary N) is 2. The van der Waals surface area contributed by atoms with Crippen LogP contribution in [0.4, 0.5) is 0 Å². The normalized spacial score (nSPS) is 12.7. The summed E-state index contributed by atoms with van der Waals surface area (Å²) in [4.78, 5) is 10.8. The van der Waals surface area contributed by atoms with E-state index in [0.29, 0.717) is 6.54 Å². The maximum Gasteiger partial charge on any atom is 0.216 e. The van der Waals surface area contributed by atoms with Crippen LogP contribution in [0, 0.1) is 5.41 Å². The van der Waals surface area contributed by atoms with Crippen LogP contribution in [-0.2, 0) is 4.79 Å². The molecular formula is C11H24N2O. The van der Waals surface area contributed by atoms with E-state index in [9.17, 15) is 4.79 Å². The lowest BCUT2D eigenvalue weighted by atomic mass is 9.92. The molecule has 0 rings (SSSR count). The van der Waals surface area contributed by atoms with Crippen LogP contribution in [-0.4, -0.2) is 24.5 Å². The fraction of sp³-hybridized carbons (Fsp3) is 0.909. The van der Waals surface area contributed by atoms with Gasteiger partial charge in [-0.2, -0.15) is 0 Å². The first-order valence-electron chi connectivity index (χ1n) is 5.12. The summed E-state index contributed by atoms with van der Waals surface area (Å²) in [5.41, 5.74) is 0.229. The molecule has 14 heavy (non-hydrogen) atoms. The van der Waals surface area contributed by atoms with Crippen molar-refractivity contribution < 1.29 is 4.79 Å². The van der Waals surface area contributed by atoms with Crippen molar-refractivity contribution in [1.82, 2.24) is 10.6 Å². The third kappa shape index (κ3) is 8.05. The van der Waals surface area contributed by atoms with Gasteiger partial charge in [0.2, 0.25) is 5.91 Å². The Hall–Kier alpha value is -0.570. The molecule has 0 aromatic rings. The molecule has 3 heteroatoms. The topological polar surface area (TPSA) is 41.1 Å². The Labute approximate surface area is 87.6 Å². The van der Waals surface area contributed by atoms with Gasteiger partial charge in [0, 0.05) is 25.6 Å². The molecule has 0 aromatic carbocycles. The van der Waals surface area contributed by atoms with Gasteiger partial charge in [-0.05, 0) is 26.2 Å². The Morgan fingerprint density at radius 2 is 1.57 bits per heavy atom. The second-order valence-electron chi connectivity index (χ2n) is 5.68. The van der Waals surface area contributed by atoms with E-state index in [1.54, 1.807) is 6.92 Å². The summed E-state index contributed by atoms with van der Waals surface area (Å²) < 4.78 is 0. The molecule has 84 valence electrons. The van der Waals surface area contributed by atoms with E-state index in [2.05, 4.69) is 45.3 Å². The summed E-state index contributed by atoms with van der Waals surface area (Å²) >= 11 is 0. The standard InChI is InChI=1S/C11H24N2O/c1-9(14)12-7-11(5,6)8-13-10(2,3)4/h13H,7-8H2,1-6H3,(H,12,14). The zero-order chi connectivity index (χ0) is 11.4. The first-order valence-corrected chi connectivity index (χ1v) is 5.12. The van der Waals surface area contributed by atoms with E-state index in [4.69, 9.17) is 0 Å². The number of carbonyl (C=O) groups is 1. The summed E-state index contributed by atoms with van der Waals surface area (Å²) in [6.07, 6.45) is 0. The van der Waals surface area contributed by atoms with Crippen LogP contribution < -0.4 is 10.6 Å². The highest BCUT2D eigenvalue weighted by Crippen LogP contribution is 2.13.